The molecular weight excluding hydrogens is 227 g/mol. The highest BCUT2D eigenvalue weighted by molar-refractivity contribution is 8.15. The van der Waals surface area contributed by atoms with E-state index >= 15 is 0 Å². The van der Waals surface area contributed by atoms with E-state index in [1.165, 1.54) is 23.9 Å². The molecule has 1 amide bonds. The Hall–Kier alpha value is -1.36. The molecule has 0 N–H and O–H groups in total. The fraction of sp³-hybridized carbons (Fsp3) is 0.273. The number of aliphatic imine (C=N–C) groups is 1. The maximum Gasteiger partial charge on any atom is 0.258 e. The Morgan fingerprint density at radius 1 is 1.56 bits per heavy atom. The van der Waals surface area contributed by atoms with E-state index in [0.29, 0.717) is 17.5 Å². The number of thioether (sulfide) groups is 1. The average Bonchev–Trinajstić information content (AvgIpc) is 2.66. The van der Waals surface area contributed by atoms with Gasteiger partial charge < -0.3 is 4.90 Å². The lowest BCUT2D eigenvalue weighted by Crippen LogP contribution is -2.27. The van der Waals surface area contributed by atoms with Crippen molar-refractivity contribution in [3.05, 3.63) is 30.1 Å². The molecule has 0 aliphatic carbocycles. The first-order valence-electron chi connectivity index (χ1n) is 4.98. The van der Waals surface area contributed by atoms with E-state index in [-0.39, 0.29) is 11.7 Å². The SMILES string of the molecule is CCN(C1=NC(=O)CS1)c1cccc(F)c1. The molecule has 0 radical (unpaired) electrons. The van der Waals surface area contributed by atoms with Gasteiger partial charge in [-0.3, -0.25) is 4.79 Å². The van der Waals surface area contributed by atoms with Crippen molar-refractivity contribution in [2.24, 2.45) is 4.99 Å². The van der Waals surface area contributed by atoms with Crippen LogP contribution in [0.1, 0.15) is 6.92 Å². The number of nitrogens with zero attached hydrogens (tertiary/aromatic N) is 2. The molecule has 5 heteroatoms. The Kier molecular flexibility index (Phi) is 3.24. The minimum absolute atomic E-state index is 0.130. The number of carbonyl (C=O) groups excluding carboxylic acids is 1. The van der Waals surface area contributed by atoms with E-state index < -0.39 is 0 Å². The molecule has 16 heavy (non-hydrogen) atoms. The summed E-state index contributed by atoms with van der Waals surface area (Å²) < 4.78 is 13.1. The van der Waals surface area contributed by atoms with E-state index in [1.807, 2.05) is 11.8 Å². The molecule has 1 aliphatic rings. The molecule has 2 rings (SSSR count). The number of carbonyl (C=O) groups is 1. The van der Waals surface area contributed by atoms with Crippen LogP contribution in [0.2, 0.25) is 0 Å². The molecule has 0 unspecified atom stereocenters. The molecule has 0 spiro atoms. The maximum atomic E-state index is 13.1. The van der Waals surface area contributed by atoms with Crippen LogP contribution < -0.4 is 4.90 Å². The third-order valence-corrected chi connectivity index (χ3v) is 3.17. The molecule has 0 atom stereocenters. The molecule has 1 aromatic rings. The van der Waals surface area contributed by atoms with Crippen molar-refractivity contribution in [1.82, 2.24) is 0 Å². The topological polar surface area (TPSA) is 32.7 Å². The second-order valence-electron chi connectivity index (χ2n) is 3.30. The van der Waals surface area contributed by atoms with Gasteiger partial charge in [-0.25, -0.2) is 4.39 Å². The molecule has 1 aliphatic heterocycles. The van der Waals surface area contributed by atoms with Gasteiger partial charge in [0.25, 0.3) is 5.91 Å². The van der Waals surface area contributed by atoms with Gasteiger partial charge in [0.15, 0.2) is 5.17 Å². The highest BCUT2D eigenvalue weighted by Crippen LogP contribution is 2.23. The Bertz CT molecular complexity index is 447. The summed E-state index contributed by atoms with van der Waals surface area (Å²) in [6.07, 6.45) is 0. The Balaban J connectivity index is 2.29. The smallest absolute Gasteiger partial charge is 0.258 e. The zero-order valence-corrected chi connectivity index (χ0v) is 9.63. The van der Waals surface area contributed by atoms with Crippen LogP contribution in [0.5, 0.6) is 0 Å². The van der Waals surface area contributed by atoms with Crippen molar-refractivity contribution in [1.29, 1.82) is 0 Å². The fourth-order valence-corrected chi connectivity index (χ4v) is 2.38. The molecule has 0 saturated heterocycles. The van der Waals surface area contributed by atoms with Gasteiger partial charge in [-0.1, -0.05) is 17.8 Å². The van der Waals surface area contributed by atoms with E-state index in [0.717, 1.165) is 5.69 Å². The van der Waals surface area contributed by atoms with Gasteiger partial charge >= 0.3 is 0 Å². The summed E-state index contributed by atoms with van der Waals surface area (Å²) in [5, 5.41) is 0.651. The molecule has 0 bridgehead atoms. The summed E-state index contributed by atoms with van der Waals surface area (Å²) in [4.78, 5) is 16.8. The third-order valence-electron chi connectivity index (χ3n) is 2.21. The lowest BCUT2D eigenvalue weighted by Gasteiger charge is -2.21. The fourth-order valence-electron chi connectivity index (χ4n) is 1.51. The normalized spacial score (nSPS) is 15.1. The van der Waals surface area contributed by atoms with Crippen LogP contribution in [0.15, 0.2) is 29.3 Å². The van der Waals surface area contributed by atoms with Crippen LogP contribution >= 0.6 is 11.8 Å². The number of benzene rings is 1. The number of halogens is 1. The van der Waals surface area contributed by atoms with Gasteiger partial charge in [-0.2, -0.15) is 4.99 Å². The number of amides is 1. The van der Waals surface area contributed by atoms with Crippen molar-refractivity contribution in [3.63, 3.8) is 0 Å². The zero-order valence-electron chi connectivity index (χ0n) is 8.81. The monoisotopic (exact) mass is 238 g/mol. The molecule has 0 aromatic heterocycles. The Labute approximate surface area is 97.4 Å². The lowest BCUT2D eigenvalue weighted by atomic mass is 10.3. The standard InChI is InChI=1S/C11H11FN2OS/c1-2-14(11-13-10(15)7-16-11)9-5-3-4-8(12)6-9/h3-6H,2,7H2,1H3. The van der Waals surface area contributed by atoms with Crippen molar-refractivity contribution in [3.8, 4) is 0 Å². The first kappa shape index (κ1) is 11.1. The van der Waals surface area contributed by atoms with Crippen molar-refractivity contribution >= 4 is 28.5 Å². The lowest BCUT2D eigenvalue weighted by molar-refractivity contribution is -0.115. The quantitative estimate of drug-likeness (QED) is 0.792. The minimum Gasteiger partial charge on any atom is -0.321 e. The van der Waals surface area contributed by atoms with Gasteiger partial charge in [0.05, 0.1) is 5.75 Å². The predicted octanol–water partition coefficient (Wildman–Crippen LogP) is 2.28. The van der Waals surface area contributed by atoms with Crippen molar-refractivity contribution < 1.29 is 9.18 Å². The Morgan fingerprint density at radius 2 is 2.38 bits per heavy atom. The van der Waals surface area contributed by atoms with E-state index in [4.69, 9.17) is 0 Å². The van der Waals surface area contributed by atoms with Crippen LogP contribution in [0.25, 0.3) is 0 Å². The average molecular weight is 238 g/mol. The molecule has 1 aromatic carbocycles. The van der Waals surface area contributed by atoms with Crippen molar-refractivity contribution in [2.45, 2.75) is 6.92 Å². The van der Waals surface area contributed by atoms with Crippen LogP contribution in [-0.2, 0) is 4.79 Å². The number of rotatable bonds is 2. The van der Waals surface area contributed by atoms with E-state index in [1.54, 1.807) is 12.1 Å². The van der Waals surface area contributed by atoms with E-state index in [9.17, 15) is 9.18 Å². The van der Waals surface area contributed by atoms with Gasteiger partial charge in [-0.15, -0.1) is 0 Å². The van der Waals surface area contributed by atoms with Gasteiger partial charge in [0, 0.05) is 12.2 Å². The highest BCUT2D eigenvalue weighted by Gasteiger charge is 2.21. The van der Waals surface area contributed by atoms with Crippen LogP contribution in [-0.4, -0.2) is 23.4 Å². The van der Waals surface area contributed by atoms with E-state index in [2.05, 4.69) is 4.99 Å². The largest absolute Gasteiger partial charge is 0.321 e. The predicted molar refractivity (Wildman–Crippen MR) is 64.3 cm³/mol. The van der Waals surface area contributed by atoms with Crippen molar-refractivity contribution in [2.75, 3.05) is 17.2 Å². The summed E-state index contributed by atoms with van der Waals surface area (Å²) >= 11 is 1.39. The molecule has 0 fully saturated rings. The number of amidine groups is 1. The first-order chi connectivity index (χ1) is 7.70. The zero-order chi connectivity index (χ0) is 11.5. The molecule has 0 saturated carbocycles. The number of hydrogen-bond acceptors (Lipinski definition) is 3. The number of hydrogen-bond donors (Lipinski definition) is 0. The van der Waals surface area contributed by atoms with Gasteiger partial charge in [0.1, 0.15) is 5.82 Å². The summed E-state index contributed by atoms with van der Waals surface area (Å²) in [5.74, 6) is -0.0399. The first-order valence-corrected chi connectivity index (χ1v) is 5.96. The Morgan fingerprint density at radius 3 is 2.94 bits per heavy atom. The second-order valence-corrected chi connectivity index (χ2v) is 4.24. The van der Waals surface area contributed by atoms with Gasteiger partial charge in [-0.05, 0) is 25.1 Å². The number of anilines is 1. The molecular formula is C11H11FN2OS. The molecule has 1 heterocycles. The highest BCUT2D eigenvalue weighted by atomic mass is 32.2. The summed E-state index contributed by atoms with van der Waals surface area (Å²) in [7, 11) is 0. The van der Waals surface area contributed by atoms with Crippen LogP contribution in [0.3, 0.4) is 0 Å². The second kappa shape index (κ2) is 4.65. The summed E-state index contributed by atoms with van der Waals surface area (Å²) in [6.45, 7) is 2.60. The summed E-state index contributed by atoms with van der Waals surface area (Å²) in [6, 6.07) is 6.29. The maximum absolute atomic E-state index is 13.1. The third kappa shape index (κ3) is 2.24. The van der Waals surface area contributed by atoms with Crippen LogP contribution in [0, 0.1) is 5.82 Å². The molecule has 84 valence electrons. The minimum atomic E-state index is -0.286. The molecule has 3 nitrogen and oxygen atoms in total. The van der Waals surface area contributed by atoms with Gasteiger partial charge in [0.2, 0.25) is 0 Å². The summed E-state index contributed by atoms with van der Waals surface area (Å²) in [5.41, 5.74) is 0.725. The van der Waals surface area contributed by atoms with Crippen LogP contribution in [0.4, 0.5) is 10.1 Å².